The summed E-state index contributed by atoms with van der Waals surface area (Å²) in [4.78, 5) is 12.4. The second-order valence-corrected chi connectivity index (χ2v) is 7.64. The summed E-state index contributed by atoms with van der Waals surface area (Å²) in [5.41, 5.74) is 1.20. The average Bonchev–Trinajstić information content (AvgIpc) is 3.23. The van der Waals surface area contributed by atoms with Gasteiger partial charge in [0.05, 0.1) is 11.4 Å². The molecule has 156 valence electrons. The smallest absolute Gasteiger partial charge is 0.277 e. The number of nitrogens with zero attached hydrogens (tertiary/aromatic N) is 2. The van der Waals surface area contributed by atoms with E-state index in [4.69, 9.17) is 20.8 Å². The van der Waals surface area contributed by atoms with E-state index in [-0.39, 0.29) is 16.9 Å². The zero-order valence-corrected chi connectivity index (χ0v) is 17.5. The summed E-state index contributed by atoms with van der Waals surface area (Å²) >= 11 is 6.99. The second-order valence-electron chi connectivity index (χ2n) is 6.27. The first-order valence-corrected chi connectivity index (χ1v) is 10.5. The van der Waals surface area contributed by atoms with Crippen LogP contribution >= 0.6 is 23.4 Å². The molecule has 0 bridgehead atoms. The van der Waals surface area contributed by atoms with Crippen molar-refractivity contribution in [3.05, 3.63) is 83.6 Å². The molecule has 0 saturated carbocycles. The maximum Gasteiger partial charge on any atom is 0.277 e. The predicted octanol–water partition coefficient (Wildman–Crippen LogP) is 6.05. The number of carbonyl (C=O) groups is 1. The molecule has 4 rings (SSSR count). The predicted molar refractivity (Wildman–Crippen MR) is 117 cm³/mol. The van der Waals surface area contributed by atoms with Gasteiger partial charge in [0.1, 0.15) is 11.6 Å². The van der Waals surface area contributed by atoms with E-state index >= 15 is 0 Å². The molecule has 0 saturated heterocycles. The number of benzene rings is 3. The van der Waals surface area contributed by atoms with Crippen LogP contribution < -0.4 is 10.1 Å². The molecule has 9 heteroatoms. The number of hydrogen-bond donors (Lipinski definition) is 1. The third kappa shape index (κ3) is 5.62. The van der Waals surface area contributed by atoms with Crippen LogP contribution in [0.1, 0.15) is 0 Å². The maximum atomic E-state index is 13.4. The number of amides is 1. The Bertz CT molecular complexity index is 1200. The minimum atomic E-state index is -0.409. The van der Waals surface area contributed by atoms with Crippen molar-refractivity contribution in [3.63, 3.8) is 0 Å². The highest BCUT2D eigenvalue weighted by molar-refractivity contribution is 7.99. The Hall–Kier alpha value is -3.36. The summed E-state index contributed by atoms with van der Waals surface area (Å²) < 4.78 is 24.7. The van der Waals surface area contributed by atoms with Gasteiger partial charge in [-0.15, -0.1) is 10.2 Å². The van der Waals surface area contributed by atoms with Gasteiger partial charge in [0, 0.05) is 16.7 Å². The fourth-order valence-corrected chi connectivity index (χ4v) is 3.30. The third-order valence-corrected chi connectivity index (χ3v) is 5.08. The molecule has 0 radical (unpaired) electrons. The van der Waals surface area contributed by atoms with Crippen LogP contribution in [-0.4, -0.2) is 21.9 Å². The van der Waals surface area contributed by atoms with E-state index in [1.807, 2.05) is 0 Å². The Kier molecular flexibility index (Phi) is 6.49. The van der Waals surface area contributed by atoms with Gasteiger partial charge < -0.3 is 14.5 Å². The fourth-order valence-electron chi connectivity index (χ4n) is 2.61. The molecule has 0 spiro atoms. The number of para-hydroxylation sites is 2. The van der Waals surface area contributed by atoms with Gasteiger partial charge in [-0.2, -0.15) is 0 Å². The quantitative estimate of drug-likeness (QED) is 0.342. The topological polar surface area (TPSA) is 77.2 Å². The summed E-state index contributed by atoms with van der Waals surface area (Å²) in [6.45, 7) is 0. The molecule has 4 aromatic rings. The van der Waals surface area contributed by atoms with E-state index in [2.05, 4.69) is 15.5 Å². The van der Waals surface area contributed by atoms with Crippen molar-refractivity contribution in [2.24, 2.45) is 0 Å². The van der Waals surface area contributed by atoms with Crippen LogP contribution in [0.2, 0.25) is 5.02 Å². The molecular formula is C22H15ClFN3O3S. The number of ether oxygens (including phenoxy) is 1. The van der Waals surface area contributed by atoms with Gasteiger partial charge in [-0.1, -0.05) is 41.6 Å². The van der Waals surface area contributed by atoms with Crippen molar-refractivity contribution < 1.29 is 18.3 Å². The summed E-state index contributed by atoms with van der Waals surface area (Å²) in [7, 11) is 0. The molecule has 0 aliphatic heterocycles. The Labute approximate surface area is 186 Å². The molecule has 0 fully saturated rings. The Morgan fingerprint density at radius 1 is 1.06 bits per heavy atom. The molecule has 6 nitrogen and oxygen atoms in total. The molecule has 1 aromatic heterocycles. The van der Waals surface area contributed by atoms with Gasteiger partial charge in [-0.3, -0.25) is 4.79 Å². The summed E-state index contributed by atoms with van der Waals surface area (Å²) in [5, 5.41) is 11.6. The Morgan fingerprint density at radius 3 is 2.68 bits per heavy atom. The molecule has 0 aliphatic carbocycles. The van der Waals surface area contributed by atoms with E-state index in [9.17, 15) is 9.18 Å². The van der Waals surface area contributed by atoms with Crippen LogP contribution in [-0.2, 0) is 4.79 Å². The van der Waals surface area contributed by atoms with Crippen molar-refractivity contribution in [1.29, 1.82) is 0 Å². The fraction of sp³-hybridized carbons (Fsp3) is 0.0455. The molecule has 1 heterocycles. The Balaban J connectivity index is 1.37. The Morgan fingerprint density at radius 2 is 1.87 bits per heavy atom. The number of hydrogen-bond acceptors (Lipinski definition) is 6. The highest BCUT2D eigenvalue weighted by Crippen LogP contribution is 2.30. The first-order valence-electron chi connectivity index (χ1n) is 9.11. The highest BCUT2D eigenvalue weighted by atomic mass is 35.5. The normalized spacial score (nSPS) is 10.6. The number of rotatable bonds is 7. The largest absolute Gasteiger partial charge is 0.455 e. The number of carbonyl (C=O) groups excluding carboxylic acids is 1. The van der Waals surface area contributed by atoms with Gasteiger partial charge in [0.25, 0.3) is 5.22 Å². The number of aromatic nitrogens is 2. The number of anilines is 1. The molecule has 1 amide bonds. The maximum absolute atomic E-state index is 13.4. The zero-order chi connectivity index (χ0) is 21.6. The van der Waals surface area contributed by atoms with E-state index < -0.39 is 5.82 Å². The van der Waals surface area contributed by atoms with Crippen LogP contribution in [0.4, 0.5) is 10.1 Å². The minimum absolute atomic E-state index is 0.0521. The first kappa shape index (κ1) is 20.9. The molecule has 31 heavy (non-hydrogen) atoms. The summed E-state index contributed by atoms with van der Waals surface area (Å²) in [6.07, 6.45) is 0. The third-order valence-electron chi connectivity index (χ3n) is 4.01. The van der Waals surface area contributed by atoms with Crippen molar-refractivity contribution >= 4 is 35.0 Å². The van der Waals surface area contributed by atoms with E-state index in [0.29, 0.717) is 28.1 Å². The highest BCUT2D eigenvalue weighted by Gasteiger charge is 2.13. The molecule has 0 unspecified atom stereocenters. The molecular weight excluding hydrogens is 441 g/mol. The van der Waals surface area contributed by atoms with Crippen LogP contribution in [0.3, 0.4) is 0 Å². The van der Waals surface area contributed by atoms with E-state index in [1.54, 1.807) is 60.7 Å². The SMILES string of the molecule is O=C(CSc1nnc(-c2ccc(Cl)cc2)o1)Nc1ccccc1Oc1cccc(F)c1. The van der Waals surface area contributed by atoms with Crippen molar-refractivity contribution in [1.82, 2.24) is 10.2 Å². The zero-order valence-electron chi connectivity index (χ0n) is 15.9. The molecule has 3 aromatic carbocycles. The van der Waals surface area contributed by atoms with Crippen molar-refractivity contribution in [2.75, 3.05) is 11.1 Å². The molecule has 0 aliphatic rings. The summed E-state index contributed by atoms with van der Waals surface area (Å²) in [6, 6.07) is 19.7. The number of thioether (sulfide) groups is 1. The number of halogens is 2. The van der Waals surface area contributed by atoms with Crippen LogP contribution in [0.15, 0.2) is 82.4 Å². The second kappa shape index (κ2) is 9.63. The van der Waals surface area contributed by atoms with Crippen LogP contribution in [0.25, 0.3) is 11.5 Å². The first-order chi connectivity index (χ1) is 15.1. The van der Waals surface area contributed by atoms with Crippen molar-refractivity contribution in [2.45, 2.75) is 5.22 Å². The standard InChI is InChI=1S/C22H15ClFN3O3S/c23-15-10-8-14(9-11-15)21-26-27-22(30-21)31-13-20(28)25-18-6-1-2-7-19(18)29-17-5-3-4-16(24)12-17/h1-12H,13H2,(H,25,28). The van der Waals surface area contributed by atoms with E-state index in [0.717, 1.165) is 17.3 Å². The lowest BCUT2D eigenvalue weighted by molar-refractivity contribution is -0.113. The van der Waals surface area contributed by atoms with Crippen LogP contribution in [0.5, 0.6) is 11.5 Å². The lowest BCUT2D eigenvalue weighted by Gasteiger charge is -2.12. The summed E-state index contributed by atoms with van der Waals surface area (Å²) in [5.74, 6) is 0.426. The van der Waals surface area contributed by atoms with Gasteiger partial charge in [0.2, 0.25) is 11.8 Å². The monoisotopic (exact) mass is 455 g/mol. The molecule has 0 atom stereocenters. The van der Waals surface area contributed by atoms with Gasteiger partial charge >= 0.3 is 0 Å². The van der Waals surface area contributed by atoms with E-state index in [1.165, 1.54) is 12.1 Å². The molecule has 1 N–H and O–H groups in total. The van der Waals surface area contributed by atoms with Gasteiger partial charge in [-0.05, 0) is 48.5 Å². The minimum Gasteiger partial charge on any atom is -0.455 e. The lowest BCUT2D eigenvalue weighted by Crippen LogP contribution is -2.14. The average molecular weight is 456 g/mol. The van der Waals surface area contributed by atoms with Crippen molar-refractivity contribution in [3.8, 4) is 23.0 Å². The van der Waals surface area contributed by atoms with Crippen LogP contribution in [0, 0.1) is 5.82 Å². The van der Waals surface area contributed by atoms with Gasteiger partial charge in [0.15, 0.2) is 5.75 Å². The number of nitrogens with one attached hydrogen (secondary N) is 1. The van der Waals surface area contributed by atoms with Gasteiger partial charge in [-0.25, -0.2) is 4.39 Å². The lowest BCUT2D eigenvalue weighted by atomic mass is 10.2.